The van der Waals surface area contributed by atoms with Gasteiger partial charge in [-0.1, -0.05) is 11.6 Å². The summed E-state index contributed by atoms with van der Waals surface area (Å²) in [6.07, 6.45) is 4.19. The summed E-state index contributed by atoms with van der Waals surface area (Å²) < 4.78 is 14.8. The molecule has 3 heterocycles. The van der Waals surface area contributed by atoms with Crippen molar-refractivity contribution < 1.29 is 4.39 Å². The molecule has 5 rings (SSSR count). The summed E-state index contributed by atoms with van der Waals surface area (Å²) in [6.45, 7) is 7.33. The van der Waals surface area contributed by atoms with E-state index < -0.39 is 0 Å². The van der Waals surface area contributed by atoms with Gasteiger partial charge in [-0.15, -0.1) is 24.8 Å². The SMILES string of the molecule is Cc1ccc2ncc3c(=O)n(CCCN4CCN(c5ccc(F)cc5)CC4)cnc3c2c1.Cl.Cl. The van der Waals surface area contributed by atoms with Crippen LogP contribution in [-0.2, 0) is 6.54 Å². The molecule has 180 valence electrons. The molecule has 2 aromatic heterocycles. The number of nitrogens with zero attached hydrogens (tertiary/aromatic N) is 5. The number of halogens is 3. The molecule has 0 unspecified atom stereocenters. The van der Waals surface area contributed by atoms with Gasteiger partial charge < -0.3 is 4.90 Å². The summed E-state index contributed by atoms with van der Waals surface area (Å²) >= 11 is 0. The molecule has 0 aliphatic carbocycles. The topological polar surface area (TPSA) is 54.3 Å². The minimum Gasteiger partial charge on any atom is -0.369 e. The van der Waals surface area contributed by atoms with Crippen LogP contribution in [0.15, 0.2) is 59.8 Å². The van der Waals surface area contributed by atoms with Crippen LogP contribution in [0.1, 0.15) is 12.0 Å². The van der Waals surface area contributed by atoms with Gasteiger partial charge in [-0.05, 0) is 56.3 Å². The van der Waals surface area contributed by atoms with Gasteiger partial charge in [0.05, 0.1) is 22.7 Å². The highest BCUT2D eigenvalue weighted by Gasteiger charge is 2.17. The van der Waals surface area contributed by atoms with Crippen molar-refractivity contribution in [1.82, 2.24) is 19.4 Å². The largest absolute Gasteiger partial charge is 0.369 e. The number of fused-ring (bicyclic) bond motifs is 3. The van der Waals surface area contributed by atoms with E-state index >= 15 is 0 Å². The number of rotatable bonds is 5. The average molecular weight is 504 g/mol. The Hall–Kier alpha value is -2.74. The highest BCUT2D eigenvalue weighted by atomic mass is 35.5. The average Bonchev–Trinajstić information content (AvgIpc) is 2.81. The van der Waals surface area contributed by atoms with Gasteiger partial charge in [0, 0.05) is 50.0 Å². The first-order chi connectivity index (χ1) is 15.6. The number of aromatic nitrogens is 3. The third-order valence-corrected chi connectivity index (χ3v) is 6.25. The lowest BCUT2D eigenvalue weighted by Gasteiger charge is -2.36. The van der Waals surface area contributed by atoms with Gasteiger partial charge in [0.2, 0.25) is 0 Å². The van der Waals surface area contributed by atoms with Crippen LogP contribution < -0.4 is 10.5 Å². The lowest BCUT2D eigenvalue weighted by molar-refractivity contribution is 0.250. The van der Waals surface area contributed by atoms with E-state index in [4.69, 9.17) is 0 Å². The molecular formula is C25H28Cl2FN5O. The Balaban J connectivity index is 0.00000162. The molecule has 0 N–H and O–H groups in total. The van der Waals surface area contributed by atoms with Crippen LogP contribution in [-0.4, -0.2) is 52.2 Å². The Bertz CT molecular complexity index is 1320. The Morgan fingerprint density at radius 3 is 2.38 bits per heavy atom. The summed E-state index contributed by atoms with van der Waals surface area (Å²) in [5, 5.41) is 1.49. The van der Waals surface area contributed by atoms with E-state index in [-0.39, 0.29) is 36.2 Å². The Kier molecular flexibility index (Phi) is 8.47. The van der Waals surface area contributed by atoms with Crippen molar-refractivity contribution in [3.63, 3.8) is 0 Å². The smallest absolute Gasteiger partial charge is 0.262 e. The van der Waals surface area contributed by atoms with E-state index in [1.165, 1.54) is 12.1 Å². The molecule has 0 atom stereocenters. The highest BCUT2D eigenvalue weighted by molar-refractivity contribution is 6.02. The molecule has 4 aromatic rings. The van der Waals surface area contributed by atoms with Crippen molar-refractivity contribution in [3.05, 3.63) is 76.7 Å². The van der Waals surface area contributed by atoms with E-state index in [1.807, 2.05) is 37.3 Å². The molecule has 0 radical (unpaired) electrons. The van der Waals surface area contributed by atoms with Crippen LogP contribution >= 0.6 is 24.8 Å². The van der Waals surface area contributed by atoms with Gasteiger partial charge >= 0.3 is 0 Å². The zero-order valence-corrected chi connectivity index (χ0v) is 20.6. The van der Waals surface area contributed by atoms with Crippen molar-refractivity contribution in [2.75, 3.05) is 37.6 Å². The number of hydrogen-bond donors (Lipinski definition) is 0. The number of aryl methyl sites for hydroxylation is 2. The third kappa shape index (κ3) is 5.32. The lowest BCUT2D eigenvalue weighted by Crippen LogP contribution is -2.46. The van der Waals surface area contributed by atoms with Crippen LogP contribution in [0.4, 0.5) is 10.1 Å². The van der Waals surface area contributed by atoms with Crippen LogP contribution in [0.2, 0.25) is 0 Å². The monoisotopic (exact) mass is 503 g/mol. The van der Waals surface area contributed by atoms with Gasteiger partial charge in [-0.3, -0.25) is 19.2 Å². The second-order valence-corrected chi connectivity index (χ2v) is 8.44. The molecular weight excluding hydrogens is 476 g/mol. The van der Waals surface area contributed by atoms with Crippen molar-refractivity contribution >= 4 is 52.3 Å². The molecule has 34 heavy (non-hydrogen) atoms. The predicted molar refractivity (Wildman–Crippen MR) is 140 cm³/mol. The second kappa shape index (κ2) is 11.1. The third-order valence-electron chi connectivity index (χ3n) is 6.25. The molecule has 6 nitrogen and oxygen atoms in total. The van der Waals surface area contributed by atoms with Crippen molar-refractivity contribution in [2.45, 2.75) is 19.9 Å². The molecule has 1 aliphatic rings. The molecule has 1 fully saturated rings. The van der Waals surface area contributed by atoms with Gasteiger partial charge in [0.15, 0.2) is 0 Å². The molecule has 2 aromatic carbocycles. The standard InChI is InChI=1S/C25H26FN5O.2ClH/c1-18-3-8-23-21(15-18)24-22(16-27-23)25(32)31(17-28-24)10-2-9-29-11-13-30(14-12-29)20-6-4-19(26)5-7-20;;/h3-8,15-17H,2,9-14H2,1H3;2*1H. The molecule has 9 heteroatoms. The molecule has 0 amide bonds. The maximum absolute atomic E-state index is 13.1. The maximum atomic E-state index is 13.1. The summed E-state index contributed by atoms with van der Waals surface area (Å²) in [7, 11) is 0. The van der Waals surface area contributed by atoms with Gasteiger partial charge in [0.25, 0.3) is 5.56 Å². The van der Waals surface area contributed by atoms with E-state index in [1.54, 1.807) is 17.1 Å². The molecule has 0 bridgehead atoms. The quantitative estimate of drug-likeness (QED) is 0.376. The number of benzene rings is 2. The second-order valence-electron chi connectivity index (χ2n) is 8.44. The first-order valence-corrected chi connectivity index (χ1v) is 11.1. The van der Waals surface area contributed by atoms with Gasteiger partial charge in [0.1, 0.15) is 5.82 Å². The molecule has 1 saturated heterocycles. The van der Waals surface area contributed by atoms with E-state index in [9.17, 15) is 9.18 Å². The minimum absolute atomic E-state index is 0. The fourth-order valence-corrected chi connectivity index (χ4v) is 4.43. The van der Waals surface area contributed by atoms with Gasteiger partial charge in [-0.2, -0.15) is 0 Å². The Labute approximate surface area is 210 Å². The summed E-state index contributed by atoms with van der Waals surface area (Å²) in [4.78, 5) is 26.8. The fourth-order valence-electron chi connectivity index (χ4n) is 4.43. The fraction of sp³-hybridized carbons (Fsp3) is 0.320. The van der Waals surface area contributed by atoms with Crippen LogP contribution in [0.5, 0.6) is 0 Å². The summed E-state index contributed by atoms with van der Waals surface area (Å²) in [5.41, 5.74) is 3.73. The lowest BCUT2D eigenvalue weighted by atomic mass is 10.1. The van der Waals surface area contributed by atoms with Crippen LogP contribution in [0, 0.1) is 12.7 Å². The summed E-state index contributed by atoms with van der Waals surface area (Å²) in [6, 6.07) is 12.7. The van der Waals surface area contributed by atoms with Gasteiger partial charge in [-0.25, -0.2) is 9.37 Å². The zero-order chi connectivity index (χ0) is 22.1. The molecule has 1 aliphatic heterocycles. The highest BCUT2D eigenvalue weighted by Crippen LogP contribution is 2.21. The van der Waals surface area contributed by atoms with Crippen molar-refractivity contribution in [2.24, 2.45) is 0 Å². The zero-order valence-electron chi connectivity index (χ0n) is 19.0. The van der Waals surface area contributed by atoms with E-state index in [2.05, 4.69) is 19.8 Å². The number of hydrogen-bond acceptors (Lipinski definition) is 5. The first kappa shape index (κ1) is 25.9. The summed E-state index contributed by atoms with van der Waals surface area (Å²) in [5.74, 6) is -0.204. The van der Waals surface area contributed by atoms with Crippen LogP contribution in [0.25, 0.3) is 21.8 Å². The normalized spacial score (nSPS) is 14.1. The van der Waals surface area contributed by atoms with Crippen molar-refractivity contribution in [3.8, 4) is 0 Å². The Morgan fingerprint density at radius 1 is 0.912 bits per heavy atom. The maximum Gasteiger partial charge on any atom is 0.262 e. The van der Waals surface area contributed by atoms with Crippen molar-refractivity contribution in [1.29, 1.82) is 0 Å². The Morgan fingerprint density at radius 2 is 1.65 bits per heavy atom. The van der Waals surface area contributed by atoms with Crippen LogP contribution in [0.3, 0.4) is 0 Å². The molecule has 0 saturated carbocycles. The molecule has 0 spiro atoms. The van der Waals surface area contributed by atoms with E-state index in [0.29, 0.717) is 11.9 Å². The first-order valence-electron chi connectivity index (χ1n) is 11.1. The number of pyridine rings is 1. The number of anilines is 1. The predicted octanol–water partition coefficient (Wildman–Crippen LogP) is 4.45. The minimum atomic E-state index is -0.204. The number of piperazine rings is 1. The van der Waals surface area contributed by atoms with E-state index in [0.717, 1.165) is 66.8 Å².